The second kappa shape index (κ2) is 12.7. The van der Waals surface area contributed by atoms with Crippen LogP contribution < -0.4 is 10.6 Å². The van der Waals surface area contributed by atoms with Gasteiger partial charge in [-0.05, 0) is 32.0 Å². The fraction of sp³-hybridized carbons (Fsp3) is 0.550. The number of aliphatic imine (C=N–C) groups is 1. The van der Waals surface area contributed by atoms with E-state index in [0.29, 0.717) is 6.04 Å². The first-order valence-corrected chi connectivity index (χ1v) is 9.63. The number of benzene rings is 1. The van der Waals surface area contributed by atoms with Gasteiger partial charge in [-0.2, -0.15) is 0 Å². The van der Waals surface area contributed by atoms with Gasteiger partial charge in [0.2, 0.25) is 0 Å². The van der Waals surface area contributed by atoms with Crippen molar-refractivity contribution in [3.05, 3.63) is 47.5 Å². The summed E-state index contributed by atoms with van der Waals surface area (Å²) in [5.41, 5.74) is 2.63. The number of hydrogen-bond acceptors (Lipinski definition) is 4. The van der Waals surface area contributed by atoms with E-state index in [2.05, 4.69) is 87.4 Å². The Morgan fingerprint density at radius 3 is 2.57 bits per heavy atom. The second-order valence-corrected chi connectivity index (χ2v) is 6.92. The Morgan fingerprint density at radius 2 is 1.93 bits per heavy atom. The van der Waals surface area contributed by atoms with Crippen molar-refractivity contribution in [3.63, 3.8) is 0 Å². The number of nitrogens with one attached hydrogen (secondary N) is 2. The Labute approximate surface area is 186 Å². The molecule has 28 heavy (non-hydrogen) atoms. The van der Waals surface area contributed by atoms with Crippen LogP contribution in [0.5, 0.6) is 0 Å². The fourth-order valence-electron chi connectivity index (χ4n) is 2.77. The predicted octanol–water partition coefficient (Wildman–Crippen LogP) is 2.66. The zero-order valence-corrected chi connectivity index (χ0v) is 20.0. The number of aromatic nitrogens is 3. The summed E-state index contributed by atoms with van der Waals surface area (Å²) >= 11 is 0. The summed E-state index contributed by atoms with van der Waals surface area (Å²) < 4.78 is 2.07. The lowest BCUT2D eigenvalue weighted by atomic mass is 10.1. The SMILES string of the molecule is CCc1nncn1CCNC(=NC)NCc1ccccc1CN(C)C(C)C.I. The van der Waals surface area contributed by atoms with Crippen LogP contribution in [0.2, 0.25) is 0 Å². The second-order valence-electron chi connectivity index (χ2n) is 6.92. The van der Waals surface area contributed by atoms with Crippen molar-refractivity contribution in [2.24, 2.45) is 4.99 Å². The van der Waals surface area contributed by atoms with Crippen molar-refractivity contribution in [1.82, 2.24) is 30.3 Å². The molecule has 0 saturated carbocycles. The Morgan fingerprint density at radius 1 is 1.21 bits per heavy atom. The van der Waals surface area contributed by atoms with E-state index in [1.165, 1.54) is 11.1 Å². The van der Waals surface area contributed by atoms with Crippen LogP contribution in [0.15, 0.2) is 35.6 Å². The van der Waals surface area contributed by atoms with E-state index in [1.807, 2.05) is 0 Å². The molecule has 0 atom stereocenters. The van der Waals surface area contributed by atoms with Crippen molar-refractivity contribution in [2.45, 2.75) is 52.9 Å². The predicted molar refractivity (Wildman–Crippen MR) is 126 cm³/mol. The van der Waals surface area contributed by atoms with Crippen molar-refractivity contribution in [2.75, 3.05) is 20.6 Å². The summed E-state index contributed by atoms with van der Waals surface area (Å²) in [6.07, 6.45) is 2.66. The number of guanidine groups is 1. The highest BCUT2D eigenvalue weighted by Gasteiger charge is 2.09. The monoisotopic (exact) mass is 499 g/mol. The van der Waals surface area contributed by atoms with Gasteiger partial charge in [-0.25, -0.2) is 0 Å². The molecular formula is C20H34IN7. The average molecular weight is 499 g/mol. The van der Waals surface area contributed by atoms with Gasteiger partial charge in [0.1, 0.15) is 12.2 Å². The fourth-order valence-corrected chi connectivity index (χ4v) is 2.77. The summed E-state index contributed by atoms with van der Waals surface area (Å²) in [6.45, 7) is 9.78. The first kappa shape index (κ1) is 24.4. The van der Waals surface area contributed by atoms with Crippen LogP contribution >= 0.6 is 24.0 Å². The molecule has 1 aromatic heterocycles. The maximum Gasteiger partial charge on any atom is 0.191 e. The molecule has 2 aromatic rings. The molecule has 0 unspecified atom stereocenters. The van der Waals surface area contributed by atoms with Crippen LogP contribution in [0.25, 0.3) is 0 Å². The highest BCUT2D eigenvalue weighted by molar-refractivity contribution is 14.0. The molecule has 156 valence electrons. The quantitative estimate of drug-likeness (QED) is 0.316. The molecule has 0 radical (unpaired) electrons. The molecule has 0 bridgehead atoms. The Balaban J connectivity index is 0.00000392. The van der Waals surface area contributed by atoms with E-state index in [0.717, 1.165) is 44.4 Å². The lowest BCUT2D eigenvalue weighted by Crippen LogP contribution is -2.38. The van der Waals surface area contributed by atoms with Crippen LogP contribution in [0.3, 0.4) is 0 Å². The molecule has 0 aliphatic heterocycles. The van der Waals surface area contributed by atoms with E-state index >= 15 is 0 Å². The van der Waals surface area contributed by atoms with Crippen molar-refractivity contribution < 1.29 is 0 Å². The van der Waals surface area contributed by atoms with Crippen LogP contribution in [-0.4, -0.2) is 52.3 Å². The normalized spacial score (nSPS) is 11.6. The molecule has 0 aliphatic carbocycles. The van der Waals surface area contributed by atoms with Gasteiger partial charge in [-0.3, -0.25) is 9.89 Å². The maximum absolute atomic E-state index is 4.33. The highest BCUT2D eigenvalue weighted by atomic mass is 127. The van der Waals surface area contributed by atoms with Gasteiger partial charge in [0.25, 0.3) is 0 Å². The zero-order chi connectivity index (χ0) is 19.6. The number of rotatable bonds is 9. The number of halogens is 1. The third-order valence-electron chi connectivity index (χ3n) is 4.75. The molecule has 1 aromatic carbocycles. The van der Waals surface area contributed by atoms with Gasteiger partial charge in [-0.15, -0.1) is 34.2 Å². The molecule has 2 rings (SSSR count). The third kappa shape index (κ3) is 7.38. The standard InChI is InChI=1S/C20H33N7.HI/c1-6-19-25-24-15-27(19)12-11-22-20(21-4)23-13-17-9-7-8-10-18(17)14-26(5)16(2)3;/h7-10,15-16H,6,11-14H2,1-5H3,(H2,21,22,23);1H. The third-order valence-corrected chi connectivity index (χ3v) is 4.75. The molecule has 0 saturated heterocycles. The van der Waals surface area contributed by atoms with Gasteiger partial charge < -0.3 is 15.2 Å². The molecule has 0 aliphatic rings. The van der Waals surface area contributed by atoms with Gasteiger partial charge in [0, 0.05) is 45.7 Å². The minimum absolute atomic E-state index is 0. The van der Waals surface area contributed by atoms with Crippen LogP contribution in [0.4, 0.5) is 0 Å². The number of hydrogen-bond donors (Lipinski definition) is 2. The topological polar surface area (TPSA) is 70.4 Å². The first-order valence-electron chi connectivity index (χ1n) is 9.63. The molecule has 2 N–H and O–H groups in total. The largest absolute Gasteiger partial charge is 0.355 e. The molecule has 0 amide bonds. The average Bonchev–Trinajstić information content (AvgIpc) is 3.12. The molecular weight excluding hydrogens is 465 g/mol. The Kier molecular flexibility index (Phi) is 11.1. The lowest BCUT2D eigenvalue weighted by Gasteiger charge is -2.23. The summed E-state index contributed by atoms with van der Waals surface area (Å²) in [5.74, 6) is 1.80. The van der Waals surface area contributed by atoms with Gasteiger partial charge in [0.05, 0.1) is 0 Å². The Hall–Kier alpha value is -1.68. The Bertz CT molecular complexity index is 727. The van der Waals surface area contributed by atoms with Crippen molar-refractivity contribution >= 4 is 29.9 Å². The number of aryl methyl sites for hydroxylation is 1. The summed E-state index contributed by atoms with van der Waals surface area (Å²) in [6, 6.07) is 9.08. The molecule has 0 spiro atoms. The van der Waals surface area contributed by atoms with Crippen LogP contribution in [-0.2, 0) is 26.1 Å². The molecule has 1 heterocycles. The molecule has 8 heteroatoms. The highest BCUT2D eigenvalue weighted by Crippen LogP contribution is 2.12. The minimum atomic E-state index is 0. The molecule has 7 nitrogen and oxygen atoms in total. The first-order chi connectivity index (χ1) is 13.0. The minimum Gasteiger partial charge on any atom is -0.355 e. The van der Waals surface area contributed by atoms with E-state index < -0.39 is 0 Å². The van der Waals surface area contributed by atoms with Crippen molar-refractivity contribution in [1.29, 1.82) is 0 Å². The lowest BCUT2D eigenvalue weighted by molar-refractivity contribution is 0.265. The van der Waals surface area contributed by atoms with E-state index in [4.69, 9.17) is 0 Å². The van der Waals surface area contributed by atoms with Crippen LogP contribution in [0, 0.1) is 0 Å². The molecule has 0 fully saturated rings. The van der Waals surface area contributed by atoms with Gasteiger partial charge >= 0.3 is 0 Å². The van der Waals surface area contributed by atoms with Crippen molar-refractivity contribution in [3.8, 4) is 0 Å². The zero-order valence-electron chi connectivity index (χ0n) is 17.6. The van der Waals surface area contributed by atoms with E-state index in [1.54, 1.807) is 13.4 Å². The van der Waals surface area contributed by atoms with E-state index in [-0.39, 0.29) is 24.0 Å². The van der Waals surface area contributed by atoms with Gasteiger partial charge in [-0.1, -0.05) is 31.2 Å². The van der Waals surface area contributed by atoms with Gasteiger partial charge in [0.15, 0.2) is 5.96 Å². The van der Waals surface area contributed by atoms with E-state index in [9.17, 15) is 0 Å². The van der Waals surface area contributed by atoms with Crippen LogP contribution in [0.1, 0.15) is 37.7 Å². The number of nitrogens with zero attached hydrogens (tertiary/aromatic N) is 5. The summed E-state index contributed by atoms with van der Waals surface area (Å²) in [5, 5.41) is 14.9. The smallest absolute Gasteiger partial charge is 0.191 e. The summed E-state index contributed by atoms with van der Waals surface area (Å²) in [4.78, 5) is 6.67. The maximum atomic E-state index is 4.33. The summed E-state index contributed by atoms with van der Waals surface area (Å²) in [7, 11) is 3.95.